The second kappa shape index (κ2) is 6.86. The first-order valence-corrected chi connectivity index (χ1v) is 9.69. The highest BCUT2D eigenvalue weighted by Crippen LogP contribution is 2.33. The van der Waals surface area contributed by atoms with Gasteiger partial charge in [0.1, 0.15) is 22.5 Å². The zero-order chi connectivity index (χ0) is 19.1. The lowest BCUT2D eigenvalue weighted by molar-refractivity contribution is 0.385. The van der Waals surface area contributed by atoms with Crippen LogP contribution in [0.4, 0.5) is 0 Å². The summed E-state index contributed by atoms with van der Waals surface area (Å²) in [5.74, 6) is 0.842. The Labute approximate surface area is 157 Å². The maximum absolute atomic E-state index is 13.3. The molecule has 1 atom stereocenters. The van der Waals surface area contributed by atoms with Crippen molar-refractivity contribution in [1.82, 2.24) is 19.0 Å². The molecule has 3 aromatic rings. The molecule has 138 valence electrons. The van der Waals surface area contributed by atoms with E-state index in [1.807, 2.05) is 7.05 Å². The lowest BCUT2D eigenvalue weighted by Gasteiger charge is -2.27. The minimum atomic E-state index is -3.87. The minimum absolute atomic E-state index is 0.0770. The Morgan fingerprint density at radius 1 is 1.23 bits per heavy atom. The molecule has 1 aromatic carbocycles. The Hall–Kier alpha value is -2.16. The molecule has 0 amide bonds. The predicted octanol–water partition coefficient (Wildman–Crippen LogP) is 3.09. The fourth-order valence-corrected chi connectivity index (χ4v) is 4.65. The van der Waals surface area contributed by atoms with Crippen LogP contribution in [0.1, 0.15) is 28.9 Å². The van der Waals surface area contributed by atoms with Gasteiger partial charge in [0.05, 0.1) is 0 Å². The summed E-state index contributed by atoms with van der Waals surface area (Å²) in [6, 6.07) is 6.40. The van der Waals surface area contributed by atoms with Crippen LogP contribution in [0, 0.1) is 13.8 Å². The molecule has 0 spiro atoms. The van der Waals surface area contributed by atoms with E-state index in [1.165, 1.54) is 11.4 Å². The summed E-state index contributed by atoms with van der Waals surface area (Å²) < 4.78 is 34.7. The number of benzene rings is 1. The van der Waals surface area contributed by atoms with Gasteiger partial charge < -0.3 is 9.09 Å². The second-order valence-electron chi connectivity index (χ2n) is 6.02. The van der Waals surface area contributed by atoms with Gasteiger partial charge >= 0.3 is 0 Å². The van der Waals surface area contributed by atoms with E-state index >= 15 is 0 Å². The average Bonchev–Trinajstić information content (AvgIpc) is 3.15. The van der Waals surface area contributed by atoms with Gasteiger partial charge in [-0.1, -0.05) is 28.9 Å². The van der Waals surface area contributed by atoms with Crippen molar-refractivity contribution in [3.05, 3.63) is 64.5 Å². The molecular formula is C17H19ClN4O3S. The number of hydrogen-bond acceptors (Lipinski definition) is 5. The second-order valence-corrected chi connectivity index (χ2v) is 8.40. The first-order valence-electron chi connectivity index (χ1n) is 7.87. The van der Waals surface area contributed by atoms with E-state index in [1.54, 1.807) is 55.1 Å². The van der Waals surface area contributed by atoms with Crippen molar-refractivity contribution < 1.29 is 12.9 Å². The van der Waals surface area contributed by atoms with E-state index in [0.29, 0.717) is 16.5 Å². The van der Waals surface area contributed by atoms with E-state index < -0.39 is 16.1 Å². The van der Waals surface area contributed by atoms with E-state index in [4.69, 9.17) is 16.1 Å². The van der Waals surface area contributed by atoms with Gasteiger partial charge in [0.15, 0.2) is 5.76 Å². The van der Waals surface area contributed by atoms with E-state index in [-0.39, 0.29) is 10.7 Å². The number of imidazole rings is 1. The van der Waals surface area contributed by atoms with Crippen molar-refractivity contribution in [1.29, 1.82) is 0 Å². The summed E-state index contributed by atoms with van der Waals surface area (Å²) >= 11 is 5.99. The largest absolute Gasteiger partial charge is 0.360 e. The number of rotatable bonds is 5. The van der Waals surface area contributed by atoms with Crippen molar-refractivity contribution >= 4 is 21.6 Å². The van der Waals surface area contributed by atoms with Gasteiger partial charge in [-0.15, -0.1) is 0 Å². The van der Waals surface area contributed by atoms with Crippen molar-refractivity contribution in [2.24, 2.45) is 7.05 Å². The van der Waals surface area contributed by atoms with Crippen LogP contribution in [0.2, 0.25) is 5.02 Å². The molecule has 2 heterocycles. The fraction of sp³-hybridized carbons (Fsp3) is 0.294. The smallest absolute Gasteiger partial charge is 0.249 e. The molecule has 0 aliphatic rings. The Kier molecular flexibility index (Phi) is 4.92. The highest BCUT2D eigenvalue weighted by molar-refractivity contribution is 7.89. The van der Waals surface area contributed by atoms with Gasteiger partial charge in [-0.05, 0) is 31.5 Å². The molecule has 3 rings (SSSR count). The summed E-state index contributed by atoms with van der Waals surface area (Å²) in [7, 11) is -0.522. The van der Waals surface area contributed by atoms with Crippen LogP contribution >= 0.6 is 11.6 Å². The first-order chi connectivity index (χ1) is 12.2. The maximum Gasteiger partial charge on any atom is 0.249 e. The molecule has 0 saturated carbocycles. The number of halogens is 1. The van der Waals surface area contributed by atoms with Gasteiger partial charge in [-0.3, -0.25) is 0 Å². The Morgan fingerprint density at radius 2 is 1.88 bits per heavy atom. The van der Waals surface area contributed by atoms with Crippen LogP contribution in [0.15, 0.2) is 46.1 Å². The first kappa shape index (κ1) is 18.6. The molecule has 0 fully saturated rings. The topological polar surface area (TPSA) is 81.2 Å². The van der Waals surface area contributed by atoms with Crippen LogP contribution in [-0.2, 0) is 17.1 Å². The summed E-state index contributed by atoms with van der Waals surface area (Å²) in [4.78, 5) is 4.44. The summed E-state index contributed by atoms with van der Waals surface area (Å²) in [6.45, 7) is 3.19. The van der Waals surface area contributed by atoms with Crippen molar-refractivity contribution in [3.8, 4) is 0 Å². The van der Waals surface area contributed by atoms with Gasteiger partial charge in [-0.25, -0.2) is 13.4 Å². The molecule has 0 unspecified atom stereocenters. The van der Waals surface area contributed by atoms with Crippen molar-refractivity contribution in [3.63, 3.8) is 0 Å². The molecular weight excluding hydrogens is 376 g/mol. The van der Waals surface area contributed by atoms with Gasteiger partial charge in [0, 0.05) is 31.5 Å². The van der Waals surface area contributed by atoms with Crippen molar-refractivity contribution in [2.45, 2.75) is 24.8 Å². The zero-order valence-corrected chi connectivity index (χ0v) is 16.4. The molecule has 0 saturated heterocycles. The number of nitrogens with zero attached hydrogens (tertiary/aromatic N) is 4. The third-order valence-corrected chi connectivity index (χ3v) is 6.58. The van der Waals surface area contributed by atoms with Crippen LogP contribution in [-0.4, -0.2) is 34.5 Å². The lowest BCUT2D eigenvalue weighted by atomic mass is 10.1. The van der Waals surface area contributed by atoms with E-state index in [9.17, 15) is 8.42 Å². The molecule has 26 heavy (non-hydrogen) atoms. The molecule has 0 radical (unpaired) electrons. The van der Waals surface area contributed by atoms with Crippen LogP contribution in [0.25, 0.3) is 0 Å². The van der Waals surface area contributed by atoms with Crippen LogP contribution in [0.5, 0.6) is 0 Å². The van der Waals surface area contributed by atoms with E-state index in [2.05, 4.69) is 10.1 Å². The number of aryl methyl sites for hydroxylation is 3. The van der Waals surface area contributed by atoms with Crippen LogP contribution < -0.4 is 0 Å². The maximum atomic E-state index is 13.3. The minimum Gasteiger partial charge on any atom is -0.360 e. The SMILES string of the molecule is Cc1noc(C)c1S(=O)(=O)N(C)[C@H](c1ccc(Cl)cc1)c1nccn1C. The Balaban J connectivity index is 2.16. The quantitative estimate of drug-likeness (QED) is 0.664. The number of hydrogen-bond donors (Lipinski definition) is 0. The fourth-order valence-electron chi connectivity index (χ4n) is 2.93. The molecule has 0 bridgehead atoms. The van der Waals surface area contributed by atoms with Gasteiger partial charge in [0.2, 0.25) is 10.0 Å². The molecule has 0 N–H and O–H groups in total. The molecule has 0 aliphatic heterocycles. The number of aromatic nitrogens is 3. The van der Waals surface area contributed by atoms with Gasteiger partial charge in [0.25, 0.3) is 0 Å². The Bertz CT molecular complexity index is 1010. The summed E-state index contributed by atoms with van der Waals surface area (Å²) in [6.07, 6.45) is 3.41. The molecule has 7 nitrogen and oxygen atoms in total. The van der Waals surface area contributed by atoms with E-state index in [0.717, 1.165) is 5.56 Å². The highest BCUT2D eigenvalue weighted by atomic mass is 35.5. The molecule has 9 heteroatoms. The monoisotopic (exact) mass is 394 g/mol. The zero-order valence-electron chi connectivity index (χ0n) is 14.8. The van der Waals surface area contributed by atoms with Crippen LogP contribution in [0.3, 0.4) is 0 Å². The number of sulfonamides is 1. The molecule has 0 aliphatic carbocycles. The van der Waals surface area contributed by atoms with Gasteiger partial charge in [-0.2, -0.15) is 4.31 Å². The average molecular weight is 395 g/mol. The predicted molar refractivity (Wildman–Crippen MR) is 97.4 cm³/mol. The Morgan fingerprint density at radius 3 is 2.38 bits per heavy atom. The molecule has 2 aromatic heterocycles. The summed E-state index contributed by atoms with van der Waals surface area (Å²) in [5, 5.41) is 4.34. The highest BCUT2D eigenvalue weighted by Gasteiger charge is 2.36. The normalized spacial score (nSPS) is 13.3. The third-order valence-electron chi connectivity index (χ3n) is 4.26. The van der Waals surface area contributed by atoms with Crippen molar-refractivity contribution in [2.75, 3.05) is 7.05 Å². The summed E-state index contributed by atoms with van der Waals surface area (Å²) in [5.41, 5.74) is 1.07. The third kappa shape index (κ3) is 3.15. The standard InChI is InChI=1S/C17H19ClN4O3S/c1-11-16(12(2)25-20-11)26(23,24)22(4)15(17-19-9-10-21(17)3)13-5-7-14(18)8-6-13/h5-10,15H,1-4H3/t15-/m1/s1. The lowest BCUT2D eigenvalue weighted by Crippen LogP contribution is -2.34.